The molecule has 2 aromatic rings. The Balaban J connectivity index is 1.63. The topological polar surface area (TPSA) is 57.2 Å². The standard InChI is InChI=1S/C16H12O5/c17-8-1-2-12-10(3-8)16-11(6-18-12)9-4-14-15(20-7-19-14)5-13(9)21-16/h1-5,11,16-17H,6-7H2/t11-,16-/m1/s1. The molecule has 0 spiro atoms. The minimum absolute atomic E-state index is 0.101. The first-order valence-corrected chi connectivity index (χ1v) is 6.85. The molecule has 0 fully saturated rings. The average Bonchev–Trinajstić information content (AvgIpc) is 3.08. The molecule has 21 heavy (non-hydrogen) atoms. The summed E-state index contributed by atoms with van der Waals surface area (Å²) in [4.78, 5) is 0. The maximum absolute atomic E-state index is 9.71. The molecule has 5 rings (SSSR count). The maximum Gasteiger partial charge on any atom is 0.231 e. The van der Waals surface area contributed by atoms with E-state index in [1.807, 2.05) is 12.1 Å². The van der Waals surface area contributed by atoms with Crippen LogP contribution in [0.2, 0.25) is 0 Å². The van der Waals surface area contributed by atoms with Crippen LogP contribution in [0.4, 0.5) is 0 Å². The van der Waals surface area contributed by atoms with Gasteiger partial charge >= 0.3 is 0 Å². The van der Waals surface area contributed by atoms with Crippen molar-refractivity contribution >= 4 is 0 Å². The molecule has 5 nitrogen and oxygen atoms in total. The fourth-order valence-electron chi connectivity index (χ4n) is 3.24. The van der Waals surface area contributed by atoms with Gasteiger partial charge in [0.15, 0.2) is 11.5 Å². The van der Waals surface area contributed by atoms with Crippen molar-refractivity contribution in [2.24, 2.45) is 0 Å². The van der Waals surface area contributed by atoms with E-state index in [0.29, 0.717) is 12.4 Å². The van der Waals surface area contributed by atoms with E-state index in [9.17, 15) is 5.11 Å². The van der Waals surface area contributed by atoms with E-state index < -0.39 is 0 Å². The number of rotatable bonds is 0. The number of aromatic hydroxyl groups is 1. The van der Waals surface area contributed by atoms with Crippen LogP contribution in [0, 0.1) is 0 Å². The lowest BCUT2D eigenvalue weighted by Gasteiger charge is -2.27. The summed E-state index contributed by atoms with van der Waals surface area (Å²) in [6.45, 7) is 0.800. The normalized spacial score (nSPS) is 23.6. The van der Waals surface area contributed by atoms with Gasteiger partial charge in [0.2, 0.25) is 6.79 Å². The number of fused-ring (bicyclic) bond motifs is 6. The van der Waals surface area contributed by atoms with E-state index >= 15 is 0 Å². The summed E-state index contributed by atoms with van der Waals surface area (Å²) >= 11 is 0. The molecule has 2 atom stereocenters. The minimum Gasteiger partial charge on any atom is -0.508 e. The van der Waals surface area contributed by atoms with Crippen LogP contribution in [0.25, 0.3) is 0 Å². The Labute approximate surface area is 120 Å². The summed E-state index contributed by atoms with van der Waals surface area (Å²) in [5.41, 5.74) is 1.95. The van der Waals surface area contributed by atoms with Gasteiger partial charge in [-0.2, -0.15) is 0 Å². The molecule has 3 aliphatic rings. The van der Waals surface area contributed by atoms with Crippen molar-refractivity contribution in [2.75, 3.05) is 13.4 Å². The van der Waals surface area contributed by atoms with E-state index in [1.54, 1.807) is 18.2 Å². The highest BCUT2D eigenvalue weighted by Crippen LogP contribution is 2.54. The SMILES string of the molecule is Oc1ccc2c(c1)[C@H]1Oc3cc4c(cc3[C@H]1CO2)OCO4. The molecule has 3 aliphatic heterocycles. The first-order valence-electron chi connectivity index (χ1n) is 6.85. The molecule has 1 N–H and O–H groups in total. The highest BCUT2D eigenvalue weighted by Gasteiger charge is 2.42. The predicted molar refractivity (Wildman–Crippen MR) is 72.3 cm³/mol. The van der Waals surface area contributed by atoms with Gasteiger partial charge in [-0.05, 0) is 24.3 Å². The van der Waals surface area contributed by atoms with Crippen molar-refractivity contribution < 1.29 is 24.1 Å². The summed E-state index contributed by atoms with van der Waals surface area (Å²) in [6.07, 6.45) is -0.140. The lowest BCUT2D eigenvalue weighted by Crippen LogP contribution is -2.23. The fraction of sp³-hybridized carbons (Fsp3) is 0.250. The first-order chi connectivity index (χ1) is 10.3. The molecule has 0 aromatic heterocycles. The maximum atomic E-state index is 9.71. The van der Waals surface area contributed by atoms with E-state index in [4.69, 9.17) is 18.9 Å². The predicted octanol–water partition coefficient (Wildman–Crippen LogP) is 2.73. The summed E-state index contributed by atoms with van der Waals surface area (Å²) in [5.74, 6) is 3.34. The minimum atomic E-state index is -0.140. The van der Waals surface area contributed by atoms with Gasteiger partial charge in [0.25, 0.3) is 0 Å². The van der Waals surface area contributed by atoms with Crippen LogP contribution in [-0.4, -0.2) is 18.5 Å². The van der Waals surface area contributed by atoms with Gasteiger partial charge in [0, 0.05) is 17.2 Å². The Hall–Kier alpha value is -2.56. The van der Waals surface area contributed by atoms with Gasteiger partial charge in [-0.3, -0.25) is 0 Å². The highest BCUT2D eigenvalue weighted by molar-refractivity contribution is 5.57. The van der Waals surface area contributed by atoms with Gasteiger partial charge in [-0.15, -0.1) is 0 Å². The van der Waals surface area contributed by atoms with Crippen LogP contribution in [-0.2, 0) is 0 Å². The Kier molecular flexibility index (Phi) is 1.99. The molecule has 0 saturated carbocycles. The zero-order valence-electron chi connectivity index (χ0n) is 11.0. The average molecular weight is 284 g/mol. The van der Waals surface area contributed by atoms with Gasteiger partial charge in [-0.1, -0.05) is 0 Å². The summed E-state index contributed by atoms with van der Waals surface area (Å²) in [7, 11) is 0. The van der Waals surface area contributed by atoms with E-state index in [2.05, 4.69) is 0 Å². The van der Waals surface area contributed by atoms with Crippen molar-refractivity contribution in [1.82, 2.24) is 0 Å². The molecule has 0 saturated heterocycles. The lowest BCUT2D eigenvalue weighted by atomic mass is 9.89. The number of hydrogen-bond acceptors (Lipinski definition) is 5. The number of ether oxygens (including phenoxy) is 4. The molecule has 0 aliphatic carbocycles. The van der Waals surface area contributed by atoms with Crippen LogP contribution in [0.5, 0.6) is 28.7 Å². The summed E-state index contributed by atoms with van der Waals surface area (Å²) < 4.78 is 22.7. The van der Waals surface area contributed by atoms with Crippen molar-refractivity contribution in [1.29, 1.82) is 0 Å². The van der Waals surface area contributed by atoms with Gasteiger partial charge in [0.05, 0.1) is 12.5 Å². The molecular weight excluding hydrogens is 272 g/mol. The third kappa shape index (κ3) is 1.46. The smallest absolute Gasteiger partial charge is 0.231 e. The van der Waals surface area contributed by atoms with Crippen molar-refractivity contribution in [3.63, 3.8) is 0 Å². The van der Waals surface area contributed by atoms with Crippen molar-refractivity contribution in [3.8, 4) is 28.7 Å². The Morgan fingerprint density at radius 2 is 1.71 bits per heavy atom. The van der Waals surface area contributed by atoms with Crippen LogP contribution < -0.4 is 18.9 Å². The van der Waals surface area contributed by atoms with E-state index in [1.165, 1.54) is 0 Å². The second-order valence-corrected chi connectivity index (χ2v) is 5.42. The fourth-order valence-corrected chi connectivity index (χ4v) is 3.24. The van der Waals surface area contributed by atoms with Crippen LogP contribution >= 0.6 is 0 Å². The van der Waals surface area contributed by atoms with Gasteiger partial charge in [-0.25, -0.2) is 0 Å². The molecule has 0 radical (unpaired) electrons. The monoisotopic (exact) mass is 284 g/mol. The number of benzene rings is 2. The molecule has 5 heteroatoms. The van der Waals surface area contributed by atoms with E-state index in [0.717, 1.165) is 28.4 Å². The zero-order chi connectivity index (χ0) is 14.0. The van der Waals surface area contributed by atoms with Gasteiger partial charge in [0.1, 0.15) is 23.4 Å². The number of hydrogen-bond donors (Lipinski definition) is 1. The number of phenols is 1. The summed E-state index contributed by atoms with van der Waals surface area (Å²) in [5, 5.41) is 9.71. The first kappa shape index (κ1) is 11.1. The highest BCUT2D eigenvalue weighted by atomic mass is 16.7. The molecule has 3 heterocycles. The molecular formula is C16H12O5. The second-order valence-electron chi connectivity index (χ2n) is 5.42. The van der Waals surface area contributed by atoms with Crippen molar-refractivity contribution in [3.05, 3.63) is 41.5 Å². The molecule has 106 valence electrons. The zero-order valence-corrected chi connectivity index (χ0v) is 11.0. The molecule has 2 aromatic carbocycles. The molecule has 0 bridgehead atoms. The lowest BCUT2D eigenvalue weighted by molar-refractivity contribution is 0.138. The molecule has 0 amide bonds. The van der Waals surface area contributed by atoms with Crippen molar-refractivity contribution in [2.45, 2.75) is 12.0 Å². The third-order valence-electron chi connectivity index (χ3n) is 4.24. The number of phenolic OH excluding ortho intramolecular Hbond substituents is 1. The second kappa shape index (κ2) is 3.75. The van der Waals surface area contributed by atoms with Crippen LogP contribution in [0.1, 0.15) is 23.1 Å². The van der Waals surface area contributed by atoms with E-state index in [-0.39, 0.29) is 24.6 Å². The molecule has 0 unspecified atom stereocenters. The van der Waals surface area contributed by atoms with Gasteiger partial charge < -0.3 is 24.1 Å². The van der Waals surface area contributed by atoms with Crippen LogP contribution in [0.15, 0.2) is 30.3 Å². The Morgan fingerprint density at radius 1 is 0.857 bits per heavy atom. The quantitative estimate of drug-likeness (QED) is 0.806. The Morgan fingerprint density at radius 3 is 2.62 bits per heavy atom. The Bertz CT molecular complexity index is 755. The third-order valence-corrected chi connectivity index (χ3v) is 4.24. The summed E-state index contributed by atoms with van der Waals surface area (Å²) in [6, 6.07) is 8.95. The van der Waals surface area contributed by atoms with Crippen LogP contribution in [0.3, 0.4) is 0 Å². The largest absolute Gasteiger partial charge is 0.508 e.